The zero-order chi connectivity index (χ0) is 16.6. The third kappa shape index (κ3) is 2.79. The van der Waals surface area contributed by atoms with Gasteiger partial charge < -0.3 is 15.2 Å². The fraction of sp³-hybridized carbons (Fsp3) is 0.571. The van der Waals surface area contributed by atoms with Crippen LogP contribution in [0.1, 0.15) is 12.8 Å². The van der Waals surface area contributed by atoms with Crippen molar-refractivity contribution in [2.45, 2.75) is 25.4 Å². The number of imidazole rings is 1. The molecule has 1 aliphatic rings. The van der Waals surface area contributed by atoms with Crippen molar-refractivity contribution in [3.05, 3.63) is 27.2 Å². The quantitative estimate of drug-likeness (QED) is 0.699. The standard InChI is InChI=1S/C14H20N6O3/c1-18-12-11(13(22)19(2)14(18)23)20(8-17-12)7-10(21)16-6-9-4-3-5-15-9/h8-9,15H,3-7H2,1-2H3,(H,16,21). The molecule has 2 aromatic heterocycles. The van der Waals surface area contributed by atoms with Crippen LogP contribution < -0.4 is 21.9 Å². The first-order valence-corrected chi connectivity index (χ1v) is 7.60. The van der Waals surface area contributed by atoms with Gasteiger partial charge in [0.05, 0.1) is 6.33 Å². The van der Waals surface area contributed by atoms with Crippen molar-refractivity contribution in [2.75, 3.05) is 13.1 Å². The second-order valence-electron chi connectivity index (χ2n) is 5.85. The Bertz CT molecular complexity index is 856. The fourth-order valence-corrected chi connectivity index (χ4v) is 2.90. The topological polar surface area (TPSA) is 103 Å². The molecule has 2 aromatic rings. The lowest BCUT2D eigenvalue weighted by Gasteiger charge is -2.12. The number of hydrogen-bond donors (Lipinski definition) is 2. The lowest BCUT2D eigenvalue weighted by atomic mass is 10.2. The highest BCUT2D eigenvalue weighted by molar-refractivity contribution is 5.78. The van der Waals surface area contributed by atoms with E-state index in [1.54, 1.807) is 7.05 Å². The van der Waals surface area contributed by atoms with Gasteiger partial charge in [0.25, 0.3) is 5.56 Å². The number of aromatic nitrogens is 4. The molecule has 0 aromatic carbocycles. The summed E-state index contributed by atoms with van der Waals surface area (Å²) in [6.45, 7) is 1.55. The molecular formula is C14H20N6O3. The minimum absolute atomic E-state index is 0.00331. The van der Waals surface area contributed by atoms with Gasteiger partial charge in [0.15, 0.2) is 11.2 Å². The van der Waals surface area contributed by atoms with Crippen LogP contribution in [0.3, 0.4) is 0 Å². The van der Waals surface area contributed by atoms with Gasteiger partial charge in [-0.1, -0.05) is 0 Å². The Morgan fingerprint density at radius 1 is 1.39 bits per heavy atom. The molecule has 9 heteroatoms. The van der Waals surface area contributed by atoms with Crippen LogP contribution in [-0.4, -0.2) is 43.7 Å². The summed E-state index contributed by atoms with van der Waals surface area (Å²) in [5, 5.41) is 6.17. The number of carbonyl (C=O) groups is 1. The van der Waals surface area contributed by atoms with Gasteiger partial charge in [0, 0.05) is 26.7 Å². The van der Waals surface area contributed by atoms with E-state index < -0.39 is 11.2 Å². The highest BCUT2D eigenvalue weighted by Crippen LogP contribution is 2.06. The normalized spacial score (nSPS) is 17.7. The summed E-state index contributed by atoms with van der Waals surface area (Å²) in [6.07, 6.45) is 3.59. The second kappa shape index (κ2) is 5.99. The Morgan fingerprint density at radius 3 is 2.87 bits per heavy atom. The molecule has 1 amide bonds. The summed E-state index contributed by atoms with van der Waals surface area (Å²) in [5.74, 6) is -0.186. The molecule has 1 fully saturated rings. The summed E-state index contributed by atoms with van der Waals surface area (Å²) in [4.78, 5) is 40.3. The monoisotopic (exact) mass is 320 g/mol. The maximum absolute atomic E-state index is 12.3. The first-order valence-electron chi connectivity index (χ1n) is 7.60. The van der Waals surface area contributed by atoms with Gasteiger partial charge in [0.2, 0.25) is 5.91 Å². The van der Waals surface area contributed by atoms with E-state index >= 15 is 0 Å². The van der Waals surface area contributed by atoms with Crippen LogP contribution in [0.4, 0.5) is 0 Å². The van der Waals surface area contributed by atoms with E-state index in [1.807, 2.05) is 0 Å². The summed E-state index contributed by atoms with van der Waals surface area (Å²) in [7, 11) is 2.96. The number of aryl methyl sites for hydroxylation is 1. The maximum atomic E-state index is 12.3. The van der Waals surface area contributed by atoms with Crippen molar-refractivity contribution in [1.29, 1.82) is 0 Å². The highest BCUT2D eigenvalue weighted by Gasteiger charge is 2.17. The van der Waals surface area contributed by atoms with Gasteiger partial charge in [-0.25, -0.2) is 9.78 Å². The molecule has 124 valence electrons. The number of carbonyl (C=O) groups excluding carboxylic acids is 1. The van der Waals surface area contributed by atoms with Crippen molar-refractivity contribution in [2.24, 2.45) is 14.1 Å². The van der Waals surface area contributed by atoms with Crippen molar-refractivity contribution < 1.29 is 4.79 Å². The van der Waals surface area contributed by atoms with E-state index in [0.717, 1.165) is 24.0 Å². The first kappa shape index (κ1) is 15.5. The van der Waals surface area contributed by atoms with Gasteiger partial charge in [-0.05, 0) is 19.4 Å². The fourth-order valence-electron chi connectivity index (χ4n) is 2.90. The van der Waals surface area contributed by atoms with Crippen LogP contribution in [0.2, 0.25) is 0 Å². The third-order valence-electron chi connectivity index (χ3n) is 4.24. The van der Waals surface area contributed by atoms with E-state index in [0.29, 0.717) is 12.6 Å². The molecule has 0 aliphatic carbocycles. The second-order valence-corrected chi connectivity index (χ2v) is 5.85. The number of nitrogens with one attached hydrogen (secondary N) is 2. The molecule has 1 saturated heterocycles. The molecule has 9 nitrogen and oxygen atoms in total. The van der Waals surface area contributed by atoms with Crippen molar-refractivity contribution >= 4 is 17.1 Å². The van der Waals surface area contributed by atoms with E-state index in [1.165, 1.54) is 22.5 Å². The number of amides is 1. The van der Waals surface area contributed by atoms with Crippen LogP contribution in [0, 0.1) is 0 Å². The van der Waals surface area contributed by atoms with Crippen LogP contribution in [0.15, 0.2) is 15.9 Å². The minimum Gasteiger partial charge on any atom is -0.353 e. The van der Waals surface area contributed by atoms with Crippen LogP contribution >= 0.6 is 0 Å². The Labute approximate surface area is 131 Å². The predicted molar refractivity (Wildman–Crippen MR) is 84.2 cm³/mol. The van der Waals surface area contributed by atoms with Crippen molar-refractivity contribution in [3.63, 3.8) is 0 Å². The molecule has 0 bridgehead atoms. The SMILES string of the molecule is Cn1c(=O)c2c(ncn2CC(=O)NCC2CCCN2)n(C)c1=O. The highest BCUT2D eigenvalue weighted by atomic mass is 16.2. The van der Waals surface area contributed by atoms with Crippen LogP contribution in [-0.2, 0) is 25.4 Å². The smallest absolute Gasteiger partial charge is 0.332 e. The Balaban J connectivity index is 1.82. The molecule has 3 rings (SSSR count). The van der Waals surface area contributed by atoms with E-state index in [-0.39, 0.29) is 23.6 Å². The number of fused-ring (bicyclic) bond motifs is 1. The largest absolute Gasteiger partial charge is 0.353 e. The van der Waals surface area contributed by atoms with Crippen molar-refractivity contribution in [3.8, 4) is 0 Å². The summed E-state index contributed by atoms with van der Waals surface area (Å²) in [5.41, 5.74) is -0.359. The zero-order valence-electron chi connectivity index (χ0n) is 13.2. The molecule has 0 radical (unpaired) electrons. The number of nitrogens with zero attached hydrogens (tertiary/aromatic N) is 4. The van der Waals surface area contributed by atoms with E-state index in [2.05, 4.69) is 15.6 Å². The predicted octanol–water partition coefficient (Wildman–Crippen LogP) is -1.70. The average molecular weight is 320 g/mol. The van der Waals surface area contributed by atoms with E-state index in [4.69, 9.17) is 0 Å². The van der Waals surface area contributed by atoms with Gasteiger partial charge >= 0.3 is 5.69 Å². The van der Waals surface area contributed by atoms with Gasteiger partial charge in [-0.3, -0.25) is 18.7 Å². The Hall–Kier alpha value is -2.42. The van der Waals surface area contributed by atoms with Gasteiger partial charge in [0.1, 0.15) is 6.54 Å². The Morgan fingerprint density at radius 2 is 2.17 bits per heavy atom. The zero-order valence-corrected chi connectivity index (χ0v) is 13.2. The molecule has 23 heavy (non-hydrogen) atoms. The molecule has 1 atom stereocenters. The molecule has 1 aliphatic heterocycles. The summed E-state index contributed by atoms with van der Waals surface area (Å²) < 4.78 is 3.79. The van der Waals surface area contributed by atoms with Crippen molar-refractivity contribution in [1.82, 2.24) is 29.3 Å². The van der Waals surface area contributed by atoms with Crippen LogP contribution in [0.5, 0.6) is 0 Å². The molecule has 2 N–H and O–H groups in total. The minimum atomic E-state index is -0.453. The molecule has 0 saturated carbocycles. The number of rotatable bonds is 4. The summed E-state index contributed by atoms with van der Waals surface area (Å²) in [6, 6.07) is 0.312. The van der Waals surface area contributed by atoms with Crippen LogP contribution in [0.25, 0.3) is 11.2 Å². The Kier molecular flexibility index (Phi) is 4.03. The molecule has 1 unspecified atom stereocenters. The third-order valence-corrected chi connectivity index (χ3v) is 4.24. The number of hydrogen-bond acceptors (Lipinski definition) is 5. The lowest BCUT2D eigenvalue weighted by Crippen LogP contribution is -2.39. The average Bonchev–Trinajstić information content (AvgIpc) is 3.18. The maximum Gasteiger partial charge on any atom is 0.332 e. The van der Waals surface area contributed by atoms with E-state index in [9.17, 15) is 14.4 Å². The molecular weight excluding hydrogens is 300 g/mol. The molecule has 3 heterocycles. The lowest BCUT2D eigenvalue weighted by molar-refractivity contribution is -0.121. The summed E-state index contributed by atoms with van der Waals surface area (Å²) >= 11 is 0. The van der Waals surface area contributed by atoms with Gasteiger partial charge in [-0.2, -0.15) is 0 Å². The van der Waals surface area contributed by atoms with Gasteiger partial charge in [-0.15, -0.1) is 0 Å². The first-order chi connectivity index (χ1) is 11.0. The molecule has 0 spiro atoms.